The predicted molar refractivity (Wildman–Crippen MR) is 99.6 cm³/mol. The van der Waals surface area contributed by atoms with Gasteiger partial charge in [-0.2, -0.15) is 0 Å². The number of rotatable bonds is 5. The molecule has 138 valence electrons. The molecule has 2 heterocycles. The lowest BCUT2D eigenvalue weighted by Crippen LogP contribution is -2.42. The minimum atomic E-state index is -0.506. The van der Waals surface area contributed by atoms with Gasteiger partial charge in [-0.1, -0.05) is 29.3 Å². The number of aromatic nitrogens is 1. The molecule has 9 heteroatoms. The fraction of sp³-hybridized carbons (Fsp3) is 0.353. The highest BCUT2D eigenvalue weighted by Crippen LogP contribution is 2.36. The number of hydrogen-bond acceptors (Lipinski definition) is 6. The van der Waals surface area contributed by atoms with Gasteiger partial charge in [0, 0.05) is 24.0 Å². The fourth-order valence-electron chi connectivity index (χ4n) is 2.45. The molecular weight excluding hydrogens is 399 g/mol. The number of hydrogen-bond donors (Lipinski definition) is 0. The van der Waals surface area contributed by atoms with Gasteiger partial charge >= 0.3 is 5.97 Å². The summed E-state index contributed by atoms with van der Waals surface area (Å²) in [6.45, 7) is 1.78. The Bertz CT molecular complexity index is 786. The first-order valence-electron chi connectivity index (χ1n) is 7.94. The number of thiazole rings is 1. The molecule has 0 radical (unpaired) electrons. The van der Waals surface area contributed by atoms with Crippen LogP contribution in [0.15, 0.2) is 23.6 Å². The Kier molecular flexibility index (Phi) is 6.48. The third kappa shape index (κ3) is 4.73. The summed E-state index contributed by atoms with van der Waals surface area (Å²) in [4.78, 5) is 30.0. The Morgan fingerprint density at radius 3 is 2.62 bits per heavy atom. The highest BCUT2D eigenvalue weighted by Gasteiger charge is 2.19. The molecule has 1 aliphatic rings. The Balaban J connectivity index is 1.55. The summed E-state index contributed by atoms with van der Waals surface area (Å²) in [5.41, 5.74) is 1.19. The van der Waals surface area contributed by atoms with Crippen LogP contribution >= 0.6 is 34.5 Å². The lowest BCUT2D eigenvalue weighted by molar-refractivity contribution is -0.153. The smallest absolute Gasteiger partial charge is 0.312 e. The standard InChI is InChI=1S/C17H16Cl2N2O4S/c18-12-2-1-3-13(19)16(12)17-20-11(10-26-17)8-15(23)25-9-14(22)21-4-6-24-7-5-21/h1-3,10H,4-9H2. The zero-order valence-electron chi connectivity index (χ0n) is 13.7. The lowest BCUT2D eigenvalue weighted by atomic mass is 10.2. The Hall–Kier alpha value is -1.67. The van der Waals surface area contributed by atoms with Gasteiger partial charge in [0.2, 0.25) is 0 Å². The molecule has 0 saturated carbocycles. The number of carbonyl (C=O) groups is 2. The van der Waals surface area contributed by atoms with Gasteiger partial charge in [-0.25, -0.2) is 4.98 Å². The number of nitrogens with zero attached hydrogens (tertiary/aromatic N) is 2. The first-order chi connectivity index (χ1) is 12.5. The molecule has 0 atom stereocenters. The van der Waals surface area contributed by atoms with Crippen LogP contribution < -0.4 is 0 Å². The van der Waals surface area contributed by atoms with Crippen molar-refractivity contribution in [2.24, 2.45) is 0 Å². The van der Waals surface area contributed by atoms with Crippen molar-refractivity contribution in [3.05, 3.63) is 39.3 Å². The summed E-state index contributed by atoms with van der Waals surface area (Å²) in [5.74, 6) is -0.725. The van der Waals surface area contributed by atoms with E-state index in [-0.39, 0.29) is 18.9 Å². The van der Waals surface area contributed by atoms with Gasteiger partial charge in [0.1, 0.15) is 5.01 Å². The largest absolute Gasteiger partial charge is 0.455 e. The second kappa shape index (κ2) is 8.81. The van der Waals surface area contributed by atoms with Gasteiger partial charge < -0.3 is 14.4 Å². The van der Waals surface area contributed by atoms with E-state index in [4.69, 9.17) is 32.7 Å². The Labute approximate surface area is 164 Å². The van der Waals surface area contributed by atoms with E-state index in [1.54, 1.807) is 28.5 Å². The molecule has 0 N–H and O–H groups in total. The summed E-state index contributed by atoms with van der Waals surface area (Å²) in [6, 6.07) is 5.22. The van der Waals surface area contributed by atoms with Crippen LogP contribution in [0, 0.1) is 0 Å². The van der Waals surface area contributed by atoms with Crippen molar-refractivity contribution >= 4 is 46.4 Å². The van der Waals surface area contributed by atoms with Crippen LogP contribution in [0.2, 0.25) is 10.0 Å². The molecule has 1 fully saturated rings. The second-order valence-corrected chi connectivity index (χ2v) is 7.24. The molecule has 1 amide bonds. The van der Waals surface area contributed by atoms with Gasteiger partial charge in [0.25, 0.3) is 5.91 Å². The van der Waals surface area contributed by atoms with Crippen LogP contribution in [0.25, 0.3) is 10.6 Å². The molecule has 3 rings (SSSR count). The van der Waals surface area contributed by atoms with Crippen LogP contribution in [0.3, 0.4) is 0 Å². The molecule has 26 heavy (non-hydrogen) atoms. The molecule has 1 saturated heterocycles. The lowest BCUT2D eigenvalue weighted by Gasteiger charge is -2.26. The van der Waals surface area contributed by atoms with E-state index in [9.17, 15) is 9.59 Å². The van der Waals surface area contributed by atoms with Gasteiger partial charge in [-0.3, -0.25) is 9.59 Å². The molecule has 1 aliphatic heterocycles. The summed E-state index contributed by atoms with van der Waals surface area (Å²) in [6.07, 6.45) is -0.0189. The zero-order chi connectivity index (χ0) is 18.5. The number of halogens is 2. The summed E-state index contributed by atoms with van der Waals surface area (Å²) >= 11 is 13.7. The van der Waals surface area contributed by atoms with Crippen LogP contribution in [0.4, 0.5) is 0 Å². The maximum absolute atomic E-state index is 12.0. The highest BCUT2D eigenvalue weighted by molar-refractivity contribution is 7.13. The van der Waals surface area contributed by atoms with Crippen molar-refractivity contribution in [2.45, 2.75) is 6.42 Å². The molecule has 0 unspecified atom stereocenters. The van der Waals surface area contributed by atoms with Crippen molar-refractivity contribution in [1.82, 2.24) is 9.88 Å². The number of carbonyl (C=O) groups excluding carboxylic acids is 2. The van der Waals surface area contributed by atoms with Crippen LogP contribution in [0.5, 0.6) is 0 Å². The summed E-state index contributed by atoms with van der Waals surface area (Å²) < 4.78 is 10.2. The van der Waals surface area contributed by atoms with Gasteiger partial charge in [0.15, 0.2) is 6.61 Å². The van der Waals surface area contributed by atoms with Gasteiger partial charge in [0.05, 0.1) is 35.4 Å². The predicted octanol–water partition coefficient (Wildman–Crippen LogP) is 3.06. The van der Waals surface area contributed by atoms with Crippen LogP contribution in [-0.2, 0) is 25.5 Å². The van der Waals surface area contributed by atoms with Gasteiger partial charge in [-0.05, 0) is 12.1 Å². The minimum Gasteiger partial charge on any atom is -0.455 e. The first kappa shape index (κ1) is 19.1. The maximum atomic E-state index is 12.0. The van der Waals surface area contributed by atoms with Crippen molar-refractivity contribution in [3.63, 3.8) is 0 Å². The van der Waals surface area contributed by atoms with E-state index < -0.39 is 5.97 Å². The highest BCUT2D eigenvalue weighted by atomic mass is 35.5. The van der Waals surface area contributed by atoms with Crippen molar-refractivity contribution in [3.8, 4) is 10.6 Å². The molecule has 0 spiro atoms. The van der Waals surface area contributed by atoms with E-state index in [1.807, 2.05) is 0 Å². The molecule has 0 bridgehead atoms. The van der Waals surface area contributed by atoms with Crippen LogP contribution in [0.1, 0.15) is 5.69 Å². The number of amides is 1. The normalized spacial score (nSPS) is 14.3. The summed E-state index contributed by atoms with van der Waals surface area (Å²) in [7, 11) is 0. The number of benzene rings is 1. The fourth-order valence-corrected chi connectivity index (χ4v) is 4.03. The first-order valence-corrected chi connectivity index (χ1v) is 9.58. The third-order valence-electron chi connectivity index (χ3n) is 3.77. The average Bonchev–Trinajstić information content (AvgIpc) is 3.08. The molecule has 1 aromatic carbocycles. The number of ether oxygens (including phenoxy) is 2. The van der Waals surface area contributed by atoms with E-state index in [2.05, 4.69) is 4.98 Å². The van der Waals surface area contributed by atoms with Crippen molar-refractivity contribution in [1.29, 1.82) is 0 Å². The number of esters is 1. The number of morpholine rings is 1. The summed E-state index contributed by atoms with van der Waals surface area (Å²) in [5, 5.41) is 3.38. The Morgan fingerprint density at radius 1 is 1.23 bits per heavy atom. The average molecular weight is 415 g/mol. The topological polar surface area (TPSA) is 68.7 Å². The van der Waals surface area contributed by atoms with E-state index in [0.717, 1.165) is 0 Å². The minimum absolute atomic E-state index is 0.0189. The maximum Gasteiger partial charge on any atom is 0.312 e. The zero-order valence-corrected chi connectivity index (χ0v) is 16.1. The van der Waals surface area contributed by atoms with Gasteiger partial charge in [-0.15, -0.1) is 11.3 Å². The second-order valence-electron chi connectivity index (χ2n) is 5.57. The van der Waals surface area contributed by atoms with Crippen LogP contribution in [-0.4, -0.2) is 54.7 Å². The molecule has 1 aromatic heterocycles. The molecular formula is C17H16Cl2N2O4S. The van der Waals surface area contributed by atoms with E-state index in [0.29, 0.717) is 52.6 Å². The van der Waals surface area contributed by atoms with Crippen molar-refractivity contribution in [2.75, 3.05) is 32.9 Å². The Morgan fingerprint density at radius 2 is 1.92 bits per heavy atom. The van der Waals surface area contributed by atoms with E-state index in [1.165, 1.54) is 11.3 Å². The monoisotopic (exact) mass is 414 g/mol. The molecule has 2 aromatic rings. The molecule has 6 nitrogen and oxygen atoms in total. The SMILES string of the molecule is O=C(Cc1csc(-c2c(Cl)cccc2Cl)n1)OCC(=O)N1CCOCC1. The third-order valence-corrected chi connectivity index (χ3v) is 5.31. The van der Waals surface area contributed by atoms with Crippen molar-refractivity contribution < 1.29 is 19.1 Å². The quantitative estimate of drug-likeness (QED) is 0.703. The molecule has 0 aliphatic carbocycles. The van der Waals surface area contributed by atoms with E-state index >= 15 is 0 Å².